The van der Waals surface area contributed by atoms with Crippen molar-refractivity contribution < 1.29 is 43.7 Å². The van der Waals surface area contributed by atoms with E-state index in [1.54, 1.807) is 0 Å². The predicted octanol–water partition coefficient (Wildman–Crippen LogP) is 3.25. The van der Waals surface area contributed by atoms with Crippen molar-refractivity contribution in [3.63, 3.8) is 0 Å². The lowest BCUT2D eigenvalue weighted by Crippen LogP contribution is -2.38. The number of rotatable bonds is 4. The molecule has 0 bridgehead atoms. The minimum atomic E-state index is -5.85. The van der Waals surface area contributed by atoms with Crippen LogP contribution in [0.5, 0.6) is 5.75 Å². The Hall–Kier alpha value is -2.18. The lowest BCUT2D eigenvalue weighted by molar-refractivity contribution is -0.138. The lowest BCUT2D eigenvalue weighted by Gasteiger charge is -2.23. The number of halogens is 6. The second-order valence-electron chi connectivity index (χ2n) is 6.29. The molecule has 1 aliphatic carbocycles. The second-order valence-corrected chi connectivity index (χ2v) is 7.83. The van der Waals surface area contributed by atoms with E-state index in [4.69, 9.17) is 0 Å². The normalized spacial score (nSPS) is 19.7. The highest BCUT2D eigenvalue weighted by atomic mass is 32.2. The molecule has 1 saturated carbocycles. The number of carbonyl (C=O) groups is 1. The summed E-state index contributed by atoms with van der Waals surface area (Å²) in [5.74, 6) is -0.639. The van der Waals surface area contributed by atoms with Gasteiger partial charge in [-0.15, -0.1) is 0 Å². The Morgan fingerprint density at radius 1 is 1.04 bits per heavy atom. The Morgan fingerprint density at radius 3 is 2.04 bits per heavy atom. The van der Waals surface area contributed by atoms with Crippen LogP contribution < -0.4 is 9.08 Å². The van der Waals surface area contributed by atoms with Gasteiger partial charge < -0.3 is 9.08 Å². The van der Waals surface area contributed by atoms with E-state index < -0.39 is 45.7 Å². The zero-order chi connectivity index (χ0) is 20.3. The molecule has 0 aromatic heterocycles. The first-order chi connectivity index (χ1) is 12.2. The Morgan fingerprint density at radius 2 is 1.59 bits per heavy atom. The highest BCUT2D eigenvalue weighted by Crippen LogP contribution is 2.49. The molecule has 1 spiro atoms. The number of urea groups is 1. The quantitative estimate of drug-likeness (QED) is 0.428. The molecule has 2 fully saturated rings. The molecule has 1 aromatic carbocycles. The summed E-state index contributed by atoms with van der Waals surface area (Å²) in [5, 5.41) is 0. The fourth-order valence-corrected chi connectivity index (χ4v) is 3.37. The molecular weight excluding hydrogens is 406 g/mol. The summed E-state index contributed by atoms with van der Waals surface area (Å²) in [6.45, 7) is -1.53. The standard InChI is InChI=1S/C14H12F6N2O4S/c15-13(16,17)8-21-7-12(5-6-12)22(11(21)23)9-1-3-10(4-2-9)26-27(24,25)14(18,19)20/h1-4H,5-8H2. The number of anilines is 1. The molecule has 1 aromatic rings. The molecule has 2 aliphatic rings. The van der Waals surface area contributed by atoms with Gasteiger partial charge >= 0.3 is 27.8 Å². The van der Waals surface area contributed by atoms with Crippen LogP contribution in [0.4, 0.5) is 36.8 Å². The second kappa shape index (κ2) is 5.91. The number of hydrogen-bond donors (Lipinski definition) is 0. The molecule has 0 N–H and O–H groups in total. The van der Waals surface area contributed by atoms with E-state index in [2.05, 4.69) is 4.18 Å². The summed E-state index contributed by atoms with van der Waals surface area (Å²) in [6.07, 6.45) is -3.60. The first-order valence-electron chi connectivity index (χ1n) is 7.51. The molecule has 1 aliphatic heterocycles. The molecule has 0 atom stereocenters. The van der Waals surface area contributed by atoms with Gasteiger partial charge in [0, 0.05) is 12.2 Å². The van der Waals surface area contributed by atoms with Crippen molar-refractivity contribution in [2.24, 2.45) is 0 Å². The van der Waals surface area contributed by atoms with E-state index in [1.807, 2.05) is 0 Å². The zero-order valence-corrected chi connectivity index (χ0v) is 14.2. The molecule has 27 heavy (non-hydrogen) atoms. The zero-order valence-electron chi connectivity index (χ0n) is 13.3. The van der Waals surface area contributed by atoms with Crippen LogP contribution in [-0.2, 0) is 10.1 Å². The average molecular weight is 418 g/mol. The van der Waals surface area contributed by atoms with Crippen molar-refractivity contribution in [2.75, 3.05) is 18.0 Å². The number of benzene rings is 1. The van der Waals surface area contributed by atoms with E-state index >= 15 is 0 Å². The molecule has 0 radical (unpaired) electrons. The van der Waals surface area contributed by atoms with Gasteiger partial charge in [-0.25, -0.2) is 4.79 Å². The van der Waals surface area contributed by atoms with Crippen molar-refractivity contribution in [1.82, 2.24) is 4.90 Å². The van der Waals surface area contributed by atoms with Crippen LogP contribution in [0.2, 0.25) is 0 Å². The van der Waals surface area contributed by atoms with Gasteiger partial charge in [-0.2, -0.15) is 34.8 Å². The van der Waals surface area contributed by atoms with Crippen LogP contribution >= 0.6 is 0 Å². The molecule has 0 unspecified atom stereocenters. The van der Waals surface area contributed by atoms with E-state index in [0.717, 1.165) is 29.2 Å². The highest BCUT2D eigenvalue weighted by Gasteiger charge is 2.59. The van der Waals surface area contributed by atoms with Gasteiger partial charge in [0.25, 0.3) is 0 Å². The van der Waals surface area contributed by atoms with Gasteiger partial charge in [-0.05, 0) is 37.1 Å². The maximum atomic E-state index is 12.6. The van der Waals surface area contributed by atoms with Crippen LogP contribution in [0.1, 0.15) is 12.8 Å². The lowest BCUT2D eigenvalue weighted by atomic mass is 10.2. The predicted molar refractivity (Wildman–Crippen MR) is 79.5 cm³/mol. The minimum absolute atomic E-state index is 0.119. The van der Waals surface area contributed by atoms with Crippen LogP contribution in [0.25, 0.3) is 0 Å². The molecule has 1 heterocycles. The summed E-state index contributed by atoms with van der Waals surface area (Å²) in [7, 11) is -5.85. The molecule has 1 saturated heterocycles. The number of hydrogen-bond acceptors (Lipinski definition) is 4. The summed E-state index contributed by atoms with van der Waals surface area (Å²) in [4.78, 5) is 14.2. The molecule has 3 rings (SSSR count). The highest BCUT2D eigenvalue weighted by molar-refractivity contribution is 7.88. The maximum absolute atomic E-state index is 12.6. The third kappa shape index (κ3) is 3.77. The number of carbonyl (C=O) groups excluding carboxylic acids is 1. The van der Waals surface area contributed by atoms with Crippen LogP contribution in [0, 0.1) is 0 Å². The van der Waals surface area contributed by atoms with Crippen LogP contribution in [0.15, 0.2) is 24.3 Å². The van der Waals surface area contributed by atoms with E-state index in [-0.39, 0.29) is 12.2 Å². The third-order valence-corrected chi connectivity index (χ3v) is 5.18. The smallest absolute Gasteiger partial charge is 0.376 e. The van der Waals surface area contributed by atoms with Crippen LogP contribution in [0.3, 0.4) is 0 Å². The van der Waals surface area contributed by atoms with Crippen molar-refractivity contribution in [1.29, 1.82) is 0 Å². The number of nitrogens with zero attached hydrogens (tertiary/aromatic N) is 2. The largest absolute Gasteiger partial charge is 0.534 e. The van der Waals surface area contributed by atoms with Gasteiger partial charge in [0.1, 0.15) is 12.3 Å². The summed E-state index contributed by atoms with van der Waals surface area (Å²) >= 11 is 0. The van der Waals surface area contributed by atoms with Gasteiger partial charge in [0.2, 0.25) is 0 Å². The van der Waals surface area contributed by atoms with E-state index in [0.29, 0.717) is 17.7 Å². The van der Waals surface area contributed by atoms with Crippen molar-refractivity contribution in [2.45, 2.75) is 30.1 Å². The van der Waals surface area contributed by atoms with Crippen LogP contribution in [-0.4, -0.2) is 49.7 Å². The summed E-state index contributed by atoms with van der Waals surface area (Å²) < 4.78 is 101. The summed E-state index contributed by atoms with van der Waals surface area (Å²) in [5.41, 5.74) is -6.26. The molecule has 13 heteroatoms. The fourth-order valence-electron chi connectivity index (χ4n) is 2.91. The average Bonchev–Trinajstić information content (AvgIpc) is 3.20. The Bertz CT molecular complexity index is 846. The Balaban J connectivity index is 1.80. The SMILES string of the molecule is O=C1N(CC(F)(F)F)CC2(CC2)N1c1ccc(OS(=O)(=O)C(F)(F)F)cc1. The molecule has 150 valence electrons. The van der Waals surface area contributed by atoms with Gasteiger partial charge in [-0.3, -0.25) is 4.90 Å². The maximum Gasteiger partial charge on any atom is 0.534 e. The minimum Gasteiger partial charge on any atom is -0.376 e. The first-order valence-corrected chi connectivity index (χ1v) is 8.92. The first kappa shape index (κ1) is 19.6. The Kier molecular flexibility index (Phi) is 4.28. The molecular formula is C14H12F6N2O4S. The number of amides is 2. The fraction of sp³-hybridized carbons (Fsp3) is 0.500. The third-order valence-electron chi connectivity index (χ3n) is 4.20. The van der Waals surface area contributed by atoms with Crippen molar-refractivity contribution in [3.8, 4) is 5.75 Å². The van der Waals surface area contributed by atoms with E-state index in [1.165, 1.54) is 0 Å². The molecule has 6 nitrogen and oxygen atoms in total. The Labute approximate surface area is 149 Å². The van der Waals surface area contributed by atoms with Gasteiger partial charge in [0.05, 0.1) is 5.54 Å². The topological polar surface area (TPSA) is 66.9 Å². The number of alkyl halides is 6. The van der Waals surface area contributed by atoms with Gasteiger partial charge in [-0.1, -0.05) is 0 Å². The molecule has 2 amide bonds. The monoisotopic (exact) mass is 418 g/mol. The summed E-state index contributed by atoms with van der Waals surface area (Å²) in [6, 6.07) is 3.16. The van der Waals surface area contributed by atoms with E-state index in [9.17, 15) is 39.6 Å². The van der Waals surface area contributed by atoms with Gasteiger partial charge in [0.15, 0.2) is 0 Å². The van der Waals surface area contributed by atoms with Crippen molar-refractivity contribution >= 4 is 21.8 Å². The van der Waals surface area contributed by atoms with Crippen molar-refractivity contribution in [3.05, 3.63) is 24.3 Å².